The van der Waals surface area contributed by atoms with Crippen LogP contribution in [0.3, 0.4) is 0 Å². The minimum atomic E-state index is -0.674. The number of Topliss-reactive ketones (excluding diaryl/α,β-unsaturated/α-hetero) is 1. The molecule has 0 spiro atoms. The monoisotopic (exact) mass is 625 g/mol. The van der Waals surface area contributed by atoms with E-state index >= 15 is 0 Å². The van der Waals surface area contributed by atoms with Crippen molar-refractivity contribution in [2.75, 3.05) is 21.3 Å². The van der Waals surface area contributed by atoms with Crippen LogP contribution in [-0.2, 0) is 14.3 Å². The Hall–Kier alpha value is -3.46. The second kappa shape index (κ2) is 12.2. The van der Waals surface area contributed by atoms with E-state index in [1.165, 1.54) is 7.11 Å². The van der Waals surface area contributed by atoms with E-state index in [9.17, 15) is 14.7 Å². The summed E-state index contributed by atoms with van der Waals surface area (Å²) >= 11 is 3.42. The molecule has 1 fully saturated rings. The van der Waals surface area contributed by atoms with Crippen molar-refractivity contribution in [2.24, 2.45) is 0 Å². The summed E-state index contributed by atoms with van der Waals surface area (Å²) in [5, 5.41) is 13.9. The molecule has 3 aliphatic rings. The van der Waals surface area contributed by atoms with Gasteiger partial charge in [0.2, 0.25) is 0 Å². The van der Waals surface area contributed by atoms with Crippen LogP contribution in [0.15, 0.2) is 57.3 Å². The third kappa shape index (κ3) is 5.69. The van der Waals surface area contributed by atoms with Gasteiger partial charge in [-0.25, -0.2) is 4.79 Å². The van der Waals surface area contributed by atoms with Crippen LogP contribution >= 0.6 is 15.9 Å². The highest BCUT2D eigenvalue weighted by Gasteiger charge is 2.42. The molecule has 2 aliphatic carbocycles. The van der Waals surface area contributed by atoms with E-state index in [2.05, 4.69) is 21.2 Å². The lowest BCUT2D eigenvalue weighted by molar-refractivity contribution is -0.146. The van der Waals surface area contributed by atoms with Crippen molar-refractivity contribution >= 4 is 27.7 Å². The van der Waals surface area contributed by atoms with Crippen molar-refractivity contribution in [3.63, 3.8) is 0 Å². The Morgan fingerprint density at radius 3 is 2.29 bits per heavy atom. The maximum Gasteiger partial charge on any atom is 0.337 e. The molecule has 0 saturated heterocycles. The summed E-state index contributed by atoms with van der Waals surface area (Å²) < 4.78 is 22.8. The van der Waals surface area contributed by atoms with Gasteiger partial charge in [-0.15, -0.1) is 0 Å². The maximum absolute atomic E-state index is 14.0. The number of carbonyl (C=O) groups is 2. The van der Waals surface area contributed by atoms with Gasteiger partial charge < -0.3 is 29.4 Å². The number of carbonyl (C=O) groups excluding carboxylic acids is 2. The summed E-state index contributed by atoms with van der Waals surface area (Å²) in [6.07, 6.45) is 5.61. The number of dihydropyridines is 1. The number of aromatic hydroxyl groups is 1. The minimum absolute atomic E-state index is 0.0464. The van der Waals surface area contributed by atoms with E-state index in [0.717, 1.165) is 43.4 Å². The fourth-order valence-corrected chi connectivity index (χ4v) is 6.76. The molecule has 0 bridgehead atoms. The van der Waals surface area contributed by atoms with Crippen molar-refractivity contribution in [1.29, 1.82) is 0 Å². The van der Waals surface area contributed by atoms with Crippen molar-refractivity contribution < 1.29 is 33.6 Å². The van der Waals surface area contributed by atoms with E-state index < -0.39 is 11.9 Å². The topological polar surface area (TPSA) is 103 Å². The number of ketones is 1. The number of hydrogen-bond donors (Lipinski definition) is 2. The molecule has 2 aromatic rings. The van der Waals surface area contributed by atoms with Crippen LogP contribution in [0.1, 0.15) is 74.8 Å². The molecule has 1 heterocycles. The fraction of sp³-hybridized carbons (Fsp3) is 0.438. The number of ether oxygens (including phenoxy) is 4. The Morgan fingerprint density at radius 1 is 0.927 bits per heavy atom. The number of phenols is 1. The third-order valence-electron chi connectivity index (χ3n) is 8.36. The molecule has 41 heavy (non-hydrogen) atoms. The molecule has 2 atom stereocenters. The summed E-state index contributed by atoms with van der Waals surface area (Å²) in [5.41, 5.74) is 4.02. The largest absolute Gasteiger partial charge is 0.503 e. The molecule has 9 heteroatoms. The normalized spacial score (nSPS) is 21.2. The number of allylic oxidation sites excluding steroid dienone is 3. The van der Waals surface area contributed by atoms with Gasteiger partial charge in [0.05, 0.1) is 31.4 Å². The molecule has 0 unspecified atom stereocenters. The average molecular weight is 627 g/mol. The maximum atomic E-state index is 14.0. The quantitative estimate of drug-likeness (QED) is 0.340. The van der Waals surface area contributed by atoms with Crippen molar-refractivity contribution in [1.82, 2.24) is 5.32 Å². The molecular formula is C32H36BrNO7. The zero-order chi connectivity index (χ0) is 29.3. The summed E-state index contributed by atoms with van der Waals surface area (Å²) in [6.45, 7) is 1.85. The molecule has 0 amide bonds. The second-order valence-corrected chi connectivity index (χ2v) is 11.7. The number of phenolic OH excluding ortho intramolecular Hbond substituents is 1. The van der Waals surface area contributed by atoms with E-state index in [4.69, 9.17) is 18.9 Å². The Bertz CT molecular complexity index is 1420. The Kier molecular flexibility index (Phi) is 8.63. The zero-order valence-electron chi connectivity index (χ0n) is 23.8. The van der Waals surface area contributed by atoms with Crippen LogP contribution in [0.4, 0.5) is 0 Å². The number of nitrogens with one attached hydrogen (secondary N) is 1. The first kappa shape index (κ1) is 29.0. The highest BCUT2D eigenvalue weighted by molar-refractivity contribution is 9.10. The predicted octanol–water partition coefficient (Wildman–Crippen LogP) is 6.42. The lowest BCUT2D eigenvalue weighted by atomic mass is 9.71. The summed E-state index contributed by atoms with van der Waals surface area (Å²) in [4.78, 5) is 27.8. The Balaban J connectivity index is 1.57. The van der Waals surface area contributed by atoms with Crippen LogP contribution in [0.2, 0.25) is 0 Å². The number of halogens is 1. The van der Waals surface area contributed by atoms with Crippen molar-refractivity contribution in [2.45, 2.75) is 69.8 Å². The first-order valence-electron chi connectivity index (χ1n) is 14.0. The van der Waals surface area contributed by atoms with Gasteiger partial charge in [0.1, 0.15) is 6.10 Å². The van der Waals surface area contributed by atoms with Crippen LogP contribution in [-0.4, -0.2) is 44.3 Å². The highest BCUT2D eigenvalue weighted by Crippen LogP contribution is 2.49. The summed E-state index contributed by atoms with van der Waals surface area (Å²) in [7, 11) is 4.65. The molecule has 5 rings (SSSR count). The lowest BCUT2D eigenvalue weighted by Crippen LogP contribution is -2.37. The van der Waals surface area contributed by atoms with Crippen LogP contribution in [0, 0.1) is 0 Å². The SMILES string of the molecule is COc1ccc([C@H]2CC(=O)C3=C(C2)NC(C)=C(C(=O)OC2CCCCC2)[C@@H]3c2cc(Br)c(O)c(OC)c2)cc1OC. The first-order chi connectivity index (χ1) is 19.7. The minimum Gasteiger partial charge on any atom is -0.503 e. The molecule has 218 valence electrons. The van der Waals surface area contributed by atoms with Gasteiger partial charge in [0.25, 0.3) is 0 Å². The summed E-state index contributed by atoms with van der Waals surface area (Å²) in [6, 6.07) is 9.16. The van der Waals surface area contributed by atoms with Crippen molar-refractivity contribution in [3.05, 3.63) is 68.5 Å². The number of rotatable bonds is 7. The molecule has 8 nitrogen and oxygen atoms in total. The molecule has 2 N–H and O–H groups in total. The molecule has 1 saturated carbocycles. The number of methoxy groups -OCH3 is 3. The smallest absolute Gasteiger partial charge is 0.337 e. The molecular weight excluding hydrogens is 590 g/mol. The lowest BCUT2D eigenvalue weighted by Gasteiger charge is -2.37. The van der Waals surface area contributed by atoms with Gasteiger partial charge in [-0.05, 0) is 96.3 Å². The average Bonchev–Trinajstić information content (AvgIpc) is 2.97. The van der Waals surface area contributed by atoms with E-state index in [1.54, 1.807) is 26.4 Å². The molecule has 0 radical (unpaired) electrons. The highest BCUT2D eigenvalue weighted by atomic mass is 79.9. The van der Waals surface area contributed by atoms with Crippen LogP contribution in [0.25, 0.3) is 0 Å². The van der Waals surface area contributed by atoms with Gasteiger partial charge in [-0.1, -0.05) is 12.5 Å². The second-order valence-electron chi connectivity index (χ2n) is 10.9. The zero-order valence-corrected chi connectivity index (χ0v) is 25.4. The van der Waals surface area contributed by atoms with Crippen molar-refractivity contribution in [3.8, 4) is 23.0 Å². The van der Waals surface area contributed by atoms with E-state index in [-0.39, 0.29) is 35.7 Å². The Morgan fingerprint density at radius 2 is 1.61 bits per heavy atom. The van der Waals surface area contributed by atoms with E-state index in [1.807, 2.05) is 25.1 Å². The number of hydrogen-bond acceptors (Lipinski definition) is 8. The summed E-state index contributed by atoms with van der Waals surface area (Å²) in [5.74, 6) is 0.205. The number of benzene rings is 2. The molecule has 0 aromatic heterocycles. The van der Waals surface area contributed by atoms with E-state index in [0.29, 0.717) is 44.8 Å². The molecule has 1 aliphatic heterocycles. The van der Waals surface area contributed by atoms with Gasteiger partial charge in [0, 0.05) is 29.3 Å². The number of esters is 1. The molecule has 2 aromatic carbocycles. The predicted molar refractivity (Wildman–Crippen MR) is 157 cm³/mol. The standard InChI is InChI=1S/C32H36BrNO7/c1-17-28(32(37)41-21-8-6-5-7-9-21)29(20-12-22(33)31(36)27(16-20)40-4)30-23(34-17)13-19(14-24(30)35)18-10-11-25(38-2)26(15-18)39-3/h10-12,15-16,19,21,29,34,36H,5-9,13-14H2,1-4H3/t19-,29+/m1/s1. The Labute approximate surface area is 248 Å². The third-order valence-corrected chi connectivity index (χ3v) is 8.96. The van der Waals surface area contributed by atoms with Gasteiger partial charge in [0.15, 0.2) is 28.8 Å². The van der Waals surface area contributed by atoms with Crippen LogP contribution < -0.4 is 19.5 Å². The first-order valence-corrected chi connectivity index (χ1v) is 14.8. The van der Waals surface area contributed by atoms with Gasteiger partial charge in [-0.3, -0.25) is 4.79 Å². The van der Waals surface area contributed by atoms with Gasteiger partial charge >= 0.3 is 5.97 Å². The van der Waals surface area contributed by atoms with Crippen LogP contribution in [0.5, 0.6) is 23.0 Å². The fourth-order valence-electron chi connectivity index (χ4n) is 6.30. The van der Waals surface area contributed by atoms with Gasteiger partial charge in [-0.2, -0.15) is 0 Å².